The molecular formula is C22H24FN3O3S2. The number of thiazole rings is 1. The number of carboxylic acids is 1. The summed E-state index contributed by atoms with van der Waals surface area (Å²) in [6.07, 6.45) is 1.60. The summed E-state index contributed by atoms with van der Waals surface area (Å²) in [6, 6.07) is 8.39. The molecule has 0 spiro atoms. The summed E-state index contributed by atoms with van der Waals surface area (Å²) in [7, 11) is 0. The summed E-state index contributed by atoms with van der Waals surface area (Å²) >= 11 is 2.55. The molecule has 0 saturated carbocycles. The molecule has 0 saturated heterocycles. The minimum Gasteiger partial charge on any atom is -0.481 e. The van der Waals surface area contributed by atoms with E-state index in [4.69, 9.17) is 5.11 Å². The van der Waals surface area contributed by atoms with E-state index >= 15 is 0 Å². The van der Waals surface area contributed by atoms with Crippen molar-refractivity contribution >= 4 is 45.4 Å². The highest BCUT2D eigenvalue weighted by Gasteiger charge is 2.13. The summed E-state index contributed by atoms with van der Waals surface area (Å²) in [5, 5.41) is 16.9. The average molecular weight is 462 g/mol. The molecule has 0 bridgehead atoms. The molecule has 0 atom stereocenters. The van der Waals surface area contributed by atoms with E-state index in [1.165, 1.54) is 28.7 Å². The molecule has 0 aliphatic carbocycles. The van der Waals surface area contributed by atoms with E-state index in [0.717, 1.165) is 29.0 Å². The molecule has 164 valence electrons. The van der Waals surface area contributed by atoms with E-state index in [0.29, 0.717) is 28.2 Å². The fourth-order valence-electron chi connectivity index (χ4n) is 2.92. The molecule has 0 fully saturated rings. The number of carbonyl (C=O) groups excluding carboxylic acids is 1. The minimum absolute atomic E-state index is 0.177. The van der Waals surface area contributed by atoms with Crippen LogP contribution in [0.2, 0.25) is 0 Å². The van der Waals surface area contributed by atoms with Gasteiger partial charge in [0.05, 0.1) is 17.0 Å². The van der Waals surface area contributed by atoms with Crippen LogP contribution >= 0.6 is 22.7 Å². The number of benzene rings is 1. The van der Waals surface area contributed by atoms with Crippen molar-refractivity contribution < 1.29 is 19.1 Å². The number of halogens is 1. The first-order valence-electron chi connectivity index (χ1n) is 9.88. The van der Waals surface area contributed by atoms with Gasteiger partial charge in [0.1, 0.15) is 5.82 Å². The molecule has 3 N–H and O–H groups in total. The Bertz CT molecular complexity index is 1060. The Morgan fingerprint density at radius 2 is 2.03 bits per heavy atom. The van der Waals surface area contributed by atoms with E-state index < -0.39 is 5.97 Å². The Labute approximate surface area is 188 Å². The molecule has 1 amide bonds. The van der Waals surface area contributed by atoms with Gasteiger partial charge in [-0.3, -0.25) is 14.9 Å². The number of amides is 1. The van der Waals surface area contributed by atoms with Crippen LogP contribution in [0.1, 0.15) is 46.1 Å². The lowest BCUT2D eigenvalue weighted by atomic mass is 10.0. The molecule has 31 heavy (non-hydrogen) atoms. The average Bonchev–Trinajstić information content (AvgIpc) is 3.34. The maximum atomic E-state index is 13.7. The number of anilines is 2. The lowest BCUT2D eigenvalue weighted by Gasteiger charge is -2.13. The molecular weight excluding hydrogens is 437 g/mol. The van der Waals surface area contributed by atoms with Crippen molar-refractivity contribution in [1.82, 2.24) is 4.98 Å². The number of aromatic nitrogens is 1. The summed E-state index contributed by atoms with van der Waals surface area (Å²) in [6.45, 7) is 4.81. The van der Waals surface area contributed by atoms with E-state index in [2.05, 4.69) is 29.5 Å². The molecule has 0 aliphatic heterocycles. The van der Waals surface area contributed by atoms with Crippen molar-refractivity contribution in [2.45, 2.75) is 39.7 Å². The first kappa shape index (κ1) is 22.9. The molecule has 6 nitrogen and oxygen atoms in total. The third-order valence-electron chi connectivity index (χ3n) is 4.50. The van der Waals surface area contributed by atoms with Crippen LogP contribution in [0, 0.1) is 11.7 Å². The smallest absolute Gasteiger partial charge is 0.309 e. The van der Waals surface area contributed by atoms with Crippen LogP contribution in [0.15, 0.2) is 35.7 Å². The van der Waals surface area contributed by atoms with Crippen molar-refractivity contribution in [2.75, 3.05) is 10.6 Å². The number of hydrogen-bond donors (Lipinski definition) is 3. The van der Waals surface area contributed by atoms with Crippen molar-refractivity contribution in [3.63, 3.8) is 0 Å². The fourth-order valence-corrected chi connectivity index (χ4v) is 4.47. The van der Waals surface area contributed by atoms with E-state index in [1.807, 2.05) is 6.07 Å². The zero-order valence-electron chi connectivity index (χ0n) is 17.3. The highest BCUT2D eigenvalue weighted by atomic mass is 32.1. The van der Waals surface area contributed by atoms with Crippen LogP contribution < -0.4 is 10.6 Å². The van der Waals surface area contributed by atoms with Crippen LogP contribution in [-0.2, 0) is 24.2 Å². The van der Waals surface area contributed by atoms with E-state index in [1.54, 1.807) is 23.6 Å². The summed E-state index contributed by atoms with van der Waals surface area (Å²) in [5.41, 5.74) is 2.26. The fraction of sp³-hybridized carbons (Fsp3) is 0.318. The maximum absolute atomic E-state index is 13.7. The molecule has 2 heterocycles. The standard InChI is InChI=1S/C22H24FN3O3S2/c1-13(2)3-4-14-9-15(23)5-7-18(14)24-11-17-6-8-19(31-17)21(29)26-22-25-16(12-30-22)10-20(27)28/h5-9,12-13,24H,3-4,10-11H2,1-2H3,(H,27,28)(H,25,26,29). The van der Waals surface area contributed by atoms with Crippen LogP contribution in [0.5, 0.6) is 0 Å². The molecule has 0 unspecified atom stereocenters. The topological polar surface area (TPSA) is 91.3 Å². The molecule has 1 aromatic carbocycles. The number of carboxylic acid groups (broad SMARTS) is 1. The Kier molecular flexibility index (Phi) is 7.75. The minimum atomic E-state index is -0.966. The van der Waals surface area contributed by atoms with Gasteiger partial charge in [-0.25, -0.2) is 9.37 Å². The number of thiophene rings is 1. The largest absolute Gasteiger partial charge is 0.481 e. The van der Waals surface area contributed by atoms with Crippen LogP contribution in [0.3, 0.4) is 0 Å². The third kappa shape index (κ3) is 6.86. The van der Waals surface area contributed by atoms with Crippen molar-refractivity contribution in [3.8, 4) is 0 Å². The molecule has 9 heteroatoms. The van der Waals surface area contributed by atoms with Crippen LogP contribution in [0.4, 0.5) is 15.2 Å². The second kappa shape index (κ2) is 10.5. The molecule has 0 radical (unpaired) electrons. The summed E-state index contributed by atoms with van der Waals surface area (Å²) in [5.74, 6) is -0.959. The van der Waals surface area contributed by atoms with Crippen molar-refractivity contribution in [3.05, 3.63) is 62.5 Å². The lowest BCUT2D eigenvalue weighted by molar-refractivity contribution is -0.136. The predicted octanol–water partition coefficient (Wildman–Crippen LogP) is 5.42. The van der Waals surface area contributed by atoms with Crippen molar-refractivity contribution in [1.29, 1.82) is 0 Å². The molecule has 3 aromatic rings. The molecule has 2 aromatic heterocycles. The Morgan fingerprint density at radius 1 is 1.23 bits per heavy atom. The monoisotopic (exact) mass is 461 g/mol. The maximum Gasteiger partial charge on any atom is 0.309 e. The number of hydrogen-bond acceptors (Lipinski definition) is 6. The van der Waals surface area contributed by atoms with Gasteiger partial charge < -0.3 is 10.4 Å². The van der Waals surface area contributed by atoms with Gasteiger partial charge in [-0.1, -0.05) is 13.8 Å². The Hall–Kier alpha value is -2.78. The number of carbonyl (C=O) groups is 2. The third-order valence-corrected chi connectivity index (χ3v) is 6.39. The summed E-state index contributed by atoms with van der Waals surface area (Å²) < 4.78 is 13.7. The quantitative estimate of drug-likeness (QED) is 0.375. The van der Waals surface area contributed by atoms with Gasteiger partial charge in [0.15, 0.2) is 5.13 Å². The zero-order valence-corrected chi connectivity index (χ0v) is 18.9. The first-order valence-corrected chi connectivity index (χ1v) is 11.6. The van der Waals surface area contributed by atoms with Gasteiger partial charge in [0.2, 0.25) is 0 Å². The number of nitrogens with one attached hydrogen (secondary N) is 2. The SMILES string of the molecule is CC(C)CCc1cc(F)ccc1NCc1ccc(C(=O)Nc2nc(CC(=O)O)cs2)s1. The number of rotatable bonds is 10. The Morgan fingerprint density at radius 3 is 2.77 bits per heavy atom. The summed E-state index contributed by atoms with van der Waals surface area (Å²) in [4.78, 5) is 28.8. The lowest BCUT2D eigenvalue weighted by Crippen LogP contribution is -2.10. The second-order valence-corrected chi connectivity index (χ2v) is 9.55. The molecule has 3 rings (SSSR count). The van der Waals surface area contributed by atoms with Gasteiger partial charge in [-0.05, 0) is 54.7 Å². The highest BCUT2D eigenvalue weighted by Crippen LogP contribution is 2.24. The number of aliphatic carboxylic acids is 1. The van der Waals surface area contributed by atoms with Crippen LogP contribution in [0.25, 0.3) is 0 Å². The van der Waals surface area contributed by atoms with Gasteiger partial charge in [0.25, 0.3) is 5.91 Å². The van der Waals surface area contributed by atoms with Gasteiger partial charge in [-0.15, -0.1) is 22.7 Å². The number of aryl methyl sites for hydroxylation is 1. The van der Waals surface area contributed by atoms with Gasteiger partial charge in [0, 0.05) is 22.5 Å². The first-order chi connectivity index (χ1) is 14.8. The van der Waals surface area contributed by atoms with Crippen molar-refractivity contribution in [2.24, 2.45) is 5.92 Å². The van der Waals surface area contributed by atoms with E-state index in [-0.39, 0.29) is 18.1 Å². The molecule has 0 aliphatic rings. The predicted molar refractivity (Wildman–Crippen MR) is 123 cm³/mol. The van der Waals surface area contributed by atoms with Gasteiger partial charge in [-0.2, -0.15) is 0 Å². The Balaban J connectivity index is 1.59. The normalized spacial score (nSPS) is 11.0. The number of nitrogens with zero attached hydrogens (tertiary/aromatic N) is 1. The zero-order chi connectivity index (χ0) is 22.4. The van der Waals surface area contributed by atoms with Crippen LogP contribution in [-0.4, -0.2) is 22.0 Å². The van der Waals surface area contributed by atoms with E-state index in [9.17, 15) is 14.0 Å². The second-order valence-electron chi connectivity index (χ2n) is 7.52. The highest BCUT2D eigenvalue weighted by molar-refractivity contribution is 7.15. The van der Waals surface area contributed by atoms with Gasteiger partial charge >= 0.3 is 5.97 Å².